The van der Waals surface area contributed by atoms with Gasteiger partial charge in [-0.05, 0) is 31.5 Å². The summed E-state index contributed by atoms with van der Waals surface area (Å²) in [6, 6.07) is 14.8. The monoisotopic (exact) mass is 271 g/mol. The lowest BCUT2D eigenvalue weighted by Gasteiger charge is -2.05. The lowest BCUT2D eigenvalue weighted by Crippen LogP contribution is -1.98. The number of alkyl halides is 1. The van der Waals surface area contributed by atoms with Crippen molar-refractivity contribution in [3.05, 3.63) is 48.0 Å². The first-order valence-corrected chi connectivity index (χ1v) is 7.35. The van der Waals surface area contributed by atoms with Crippen LogP contribution in [0.4, 0.5) is 4.39 Å². The molecule has 0 saturated heterocycles. The SMILES string of the molecule is CC.Cc1ccc2c(c1)c1ccccc1n2CCCF. The van der Waals surface area contributed by atoms with E-state index in [1.54, 1.807) is 0 Å². The van der Waals surface area contributed by atoms with Crippen LogP contribution in [0.2, 0.25) is 0 Å². The summed E-state index contributed by atoms with van der Waals surface area (Å²) in [6.45, 7) is 6.58. The Morgan fingerprint density at radius 3 is 2.40 bits per heavy atom. The van der Waals surface area contributed by atoms with E-state index in [2.05, 4.69) is 47.9 Å². The van der Waals surface area contributed by atoms with Crippen LogP contribution in [0.5, 0.6) is 0 Å². The number of hydrogen-bond donors (Lipinski definition) is 0. The van der Waals surface area contributed by atoms with Crippen molar-refractivity contribution in [2.75, 3.05) is 6.67 Å². The van der Waals surface area contributed by atoms with Crippen LogP contribution in [0.1, 0.15) is 25.8 Å². The average molecular weight is 271 g/mol. The zero-order chi connectivity index (χ0) is 14.5. The Bertz CT molecular complexity index is 697. The summed E-state index contributed by atoms with van der Waals surface area (Å²) in [4.78, 5) is 0. The van der Waals surface area contributed by atoms with Crippen LogP contribution in [0, 0.1) is 6.92 Å². The molecule has 0 fully saturated rings. The van der Waals surface area contributed by atoms with E-state index in [0.29, 0.717) is 6.42 Å². The third-order valence-electron chi connectivity index (χ3n) is 3.44. The first-order valence-electron chi connectivity index (χ1n) is 7.35. The summed E-state index contributed by atoms with van der Waals surface area (Å²) >= 11 is 0. The van der Waals surface area contributed by atoms with Gasteiger partial charge in [-0.1, -0.05) is 43.7 Å². The summed E-state index contributed by atoms with van der Waals surface area (Å²) in [6.07, 6.45) is 0.571. The van der Waals surface area contributed by atoms with E-state index in [1.807, 2.05) is 19.9 Å². The standard InChI is InChI=1S/C16H16FN.C2H6/c1-12-7-8-16-14(11-12)13-5-2-3-6-15(13)18(16)10-4-9-17;1-2/h2-3,5-8,11H,4,9-10H2,1H3;1-2H3. The van der Waals surface area contributed by atoms with Crippen molar-refractivity contribution in [3.8, 4) is 0 Å². The van der Waals surface area contributed by atoms with Crippen molar-refractivity contribution >= 4 is 21.8 Å². The molecule has 1 nitrogen and oxygen atoms in total. The molecule has 0 aliphatic carbocycles. The molecular weight excluding hydrogens is 249 g/mol. The fourth-order valence-electron chi connectivity index (χ4n) is 2.63. The molecule has 1 heterocycles. The molecule has 0 bridgehead atoms. The van der Waals surface area contributed by atoms with E-state index in [1.165, 1.54) is 27.4 Å². The number of aryl methyl sites for hydroxylation is 2. The highest BCUT2D eigenvalue weighted by Gasteiger charge is 2.09. The molecule has 106 valence electrons. The first-order chi connectivity index (χ1) is 9.81. The van der Waals surface area contributed by atoms with Crippen molar-refractivity contribution in [3.63, 3.8) is 0 Å². The van der Waals surface area contributed by atoms with Gasteiger partial charge in [0, 0.05) is 28.4 Å². The van der Waals surface area contributed by atoms with Gasteiger partial charge in [0.1, 0.15) is 0 Å². The van der Waals surface area contributed by atoms with Gasteiger partial charge in [0.25, 0.3) is 0 Å². The van der Waals surface area contributed by atoms with Gasteiger partial charge in [0.05, 0.1) is 6.67 Å². The second kappa shape index (κ2) is 6.56. The summed E-state index contributed by atoms with van der Waals surface area (Å²) in [7, 11) is 0. The molecule has 0 saturated carbocycles. The Morgan fingerprint density at radius 2 is 1.65 bits per heavy atom. The van der Waals surface area contributed by atoms with E-state index in [-0.39, 0.29) is 6.67 Å². The number of halogens is 1. The van der Waals surface area contributed by atoms with Crippen molar-refractivity contribution in [2.45, 2.75) is 33.7 Å². The maximum Gasteiger partial charge on any atom is 0.0911 e. The number of nitrogens with zero attached hydrogens (tertiary/aromatic N) is 1. The minimum absolute atomic E-state index is 0.264. The highest BCUT2D eigenvalue weighted by molar-refractivity contribution is 6.08. The average Bonchev–Trinajstić information content (AvgIpc) is 2.81. The Hall–Kier alpha value is -1.83. The van der Waals surface area contributed by atoms with Crippen molar-refractivity contribution in [1.82, 2.24) is 4.57 Å². The van der Waals surface area contributed by atoms with Gasteiger partial charge in [0.2, 0.25) is 0 Å². The van der Waals surface area contributed by atoms with E-state index >= 15 is 0 Å². The topological polar surface area (TPSA) is 4.93 Å². The molecule has 2 heteroatoms. The molecule has 0 atom stereocenters. The highest BCUT2D eigenvalue weighted by atomic mass is 19.1. The highest BCUT2D eigenvalue weighted by Crippen LogP contribution is 2.29. The largest absolute Gasteiger partial charge is 0.340 e. The number of benzene rings is 2. The second-order valence-corrected chi connectivity index (χ2v) is 4.73. The third-order valence-corrected chi connectivity index (χ3v) is 3.44. The van der Waals surface area contributed by atoms with E-state index in [0.717, 1.165) is 6.54 Å². The molecule has 3 rings (SSSR count). The van der Waals surface area contributed by atoms with Crippen molar-refractivity contribution in [1.29, 1.82) is 0 Å². The zero-order valence-electron chi connectivity index (χ0n) is 12.5. The summed E-state index contributed by atoms with van der Waals surface area (Å²) in [5.74, 6) is 0. The van der Waals surface area contributed by atoms with Crippen molar-refractivity contribution in [2.24, 2.45) is 0 Å². The van der Waals surface area contributed by atoms with Gasteiger partial charge in [-0.25, -0.2) is 0 Å². The van der Waals surface area contributed by atoms with Crippen LogP contribution >= 0.6 is 0 Å². The summed E-state index contributed by atoms with van der Waals surface area (Å²) in [5, 5.41) is 2.53. The van der Waals surface area contributed by atoms with Gasteiger partial charge in [-0.3, -0.25) is 4.39 Å². The first kappa shape index (κ1) is 14.6. The molecular formula is C18H22FN. The number of hydrogen-bond acceptors (Lipinski definition) is 0. The molecule has 2 aromatic carbocycles. The molecule has 0 unspecified atom stereocenters. The maximum absolute atomic E-state index is 12.4. The van der Waals surface area contributed by atoms with E-state index in [9.17, 15) is 4.39 Å². The predicted octanol–water partition coefficient (Wildman–Crippen LogP) is 5.49. The maximum atomic E-state index is 12.4. The van der Waals surface area contributed by atoms with Crippen LogP contribution < -0.4 is 0 Å². The third kappa shape index (κ3) is 2.55. The molecule has 3 aromatic rings. The quantitative estimate of drug-likeness (QED) is 0.593. The van der Waals surface area contributed by atoms with Gasteiger partial charge in [-0.15, -0.1) is 0 Å². The van der Waals surface area contributed by atoms with Crippen LogP contribution in [0.3, 0.4) is 0 Å². The molecule has 0 amide bonds. The predicted molar refractivity (Wildman–Crippen MR) is 86.1 cm³/mol. The molecule has 0 spiro atoms. The molecule has 0 N–H and O–H groups in total. The summed E-state index contributed by atoms with van der Waals surface area (Å²) < 4.78 is 14.7. The number of para-hydroxylation sites is 1. The smallest absolute Gasteiger partial charge is 0.0911 e. The zero-order valence-corrected chi connectivity index (χ0v) is 12.5. The number of fused-ring (bicyclic) bond motifs is 3. The lowest BCUT2D eigenvalue weighted by atomic mass is 10.1. The van der Waals surface area contributed by atoms with Gasteiger partial charge in [0.15, 0.2) is 0 Å². The van der Waals surface area contributed by atoms with Crippen LogP contribution in [0.15, 0.2) is 42.5 Å². The minimum atomic E-state index is -0.264. The molecule has 0 radical (unpaired) electrons. The number of rotatable bonds is 3. The van der Waals surface area contributed by atoms with Crippen LogP contribution in [0.25, 0.3) is 21.8 Å². The fourth-order valence-corrected chi connectivity index (χ4v) is 2.63. The molecule has 20 heavy (non-hydrogen) atoms. The Labute approximate surface area is 120 Å². The Kier molecular flexibility index (Phi) is 4.78. The van der Waals surface area contributed by atoms with Crippen molar-refractivity contribution < 1.29 is 4.39 Å². The van der Waals surface area contributed by atoms with Crippen LogP contribution in [-0.2, 0) is 6.54 Å². The van der Waals surface area contributed by atoms with Gasteiger partial charge < -0.3 is 4.57 Å². The Morgan fingerprint density at radius 1 is 0.950 bits per heavy atom. The number of aromatic nitrogens is 1. The second-order valence-electron chi connectivity index (χ2n) is 4.73. The lowest BCUT2D eigenvalue weighted by molar-refractivity contribution is 0.452. The normalized spacial score (nSPS) is 10.6. The van der Waals surface area contributed by atoms with Crippen LogP contribution in [-0.4, -0.2) is 11.2 Å². The molecule has 1 aromatic heterocycles. The summed E-state index contributed by atoms with van der Waals surface area (Å²) in [5.41, 5.74) is 3.66. The van der Waals surface area contributed by atoms with E-state index < -0.39 is 0 Å². The molecule has 0 aliphatic rings. The minimum Gasteiger partial charge on any atom is -0.340 e. The van der Waals surface area contributed by atoms with E-state index in [4.69, 9.17) is 0 Å². The van der Waals surface area contributed by atoms with Gasteiger partial charge in [-0.2, -0.15) is 0 Å². The fraction of sp³-hybridized carbons (Fsp3) is 0.333. The molecule has 0 aliphatic heterocycles. The van der Waals surface area contributed by atoms with Gasteiger partial charge >= 0.3 is 0 Å². The Balaban J connectivity index is 0.000000704.